The van der Waals surface area contributed by atoms with E-state index >= 15 is 0 Å². The van der Waals surface area contributed by atoms with Crippen molar-refractivity contribution in [3.05, 3.63) is 29.8 Å². The standard InChI is InChI=1S/C13H14N4O2/c1-9-3-2-4-10(7-9)11-14-15-16-17(11)8-13(5-6-13)12(18)19/h2-4,7H,5-6,8H2,1H3,(H,18,19). The average molecular weight is 258 g/mol. The molecule has 0 aliphatic heterocycles. The number of aliphatic carboxylic acids is 1. The average Bonchev–Trinajstić information content (AvgIpc) is 3.01. The summed E-state index contributed by atoms with van der Waals surface area (Å²) in [6.07, 6.45) is 1.38. The lowest BCUT2D eigenvalue weighted by Gasteiger charge is -2.10. The highest BCUT2D eigenvalue weighted by atomic mass is 16.4. The number of hydrogen-bond donors (Lipinski definition) is 1. The Balaban J connectivity index is 1.93. The molecule has 0 atom stereocenters. The van der Waals surface area contributed by atoms with Gasteiger partial charge in [0.1, 0.15) is 0 Å². The minimum Gasteiger partial charge on any atom is -0.481 e. The van der Waals surface area contributed by atoms with Crippen LogP contribution < -0.4 is 0 Å². The summed E-state index contributed by atoms with van der Waals surface area (Å²) >= 11 is 0. The number of aryl methyl sites for hydroxylation is 1. The number of aromatic nitrogens is 4. The van der Waals surface area contributed by atoms with Crippen LogP contribution in [-0.2, 0) is 11.3 Å². The fraction of sp³-hybridized carbons (Fsp3) is 0.385. The molecule has 0 spiro atoms. The first-order valence-corrected chi connectivity index (χ1v) is 6.17. The van der Waals surface area contributed by atoms with Crippen molar-refractivity contribution < 1.29 is 9.90 Å². The lowest BCUT2D eigenvalue weighted by molar-refractivity contribution is -0.144. The van der Waals surface area contributed by atoms with Crippen molar-refractivity contribution in [2.45, 2.75) is 26.3 Å². The molecule has 3 rings (SSSR count). The molecule has 6 nitrogen and oxygen atoms in total. The van der Waals surface area contributed by atoms with Crippen molar-refractivity contribution in [3.63, 3.8) is 0 Å². The van der Waals surface area contributed by atoms with Gasteiger partial charge in [0.2, 0.25) is 0 Å². The van der Waals surface area contributed by atoms with Crippen LogP contribution in [0.15, 0.2) is 24.3 Å². The number of carboxylic acid groups (broad SMARTS) is 1. The van der Waals surface area contributed by atoms with Crippen LogP contribution in [0.2, 0.25) is 0 Å². The van der Waals surface area contributed by atoms with E-state index in [9.17, 15) is 9.90 Å². The zero-order chi connectivity index (χ0) is 13.5. The van der Waals surface area contributed by atoms with Gasteiger partial charge in [-0.3, -0.25) is 4.79 Å². The Labute approximate surface area is 110 Å². The highest BCUT2D eigenvalue weighted by Crippen LogP contribution is 2.47. The maximum absolute atomic E-state index is 11.2. The van der Waals surface area contributed by atoms with E-state index < -0.39 is 11.4 Å². The number of rotatable bonds is 4. The van der Waals surface area contributed by atoms with E-state index in [0.717, 1.165) is 11.1 Å². The van der Waals surface area contributed by atoms with Crippen LogP contribution in [0, 0.1) is 12.3 Å². The molecule has 0 radical (unpaired) electrons. The minimum absolute atomic E-state index is 0.332. The second kappa shape index (κ2) is 4.15. The molecule has 6 heteroatoms. The van der Waals surface area contributed by atoms with Gasteiger partial charge >= 0.3 is 5.97 Å². The molecular formula is C13H14N4O2. The number of carbonyl (C=O) groups is 1. The van der Waals surface area contributed by atoms with Gasteiger partial charge in [0.25, 0.3) is 0 Å². The molecule has 1 aliphatic carbocycles. The smallest absolute Gasteiger partial charge is 0.311 e. The molecule has 1 saturated carbocycles. The Kier molecular flexibility index (Phi) is 2.58. The molecule has 19 heavy (non-hydrogen) atoms. The number of hydrogen-bond acceptors (Lipinski definition) is 4. The van der Waals surface area contributed by atoms with E-state index in [1.807, 2.05) is 31.2 Å². The van der Waals surface area contributed by atoms with Gasteiger partial charge in [0.05, 0.1) is 12.0 Å². The maximum Gasteiger partial charge on any atom is 0.311 e. The third kappa shape index (κ3) is 2.09. The Hall–Kier alpha value is -2.24. The van der Waals surface area contributed by atoms with Crippen LogP contribution in [0.1, 0.15) is 18.4 Å². The minimum atomic E-state index is -0.766. The third-order valence-corrected chi connectivity index (χ3v) is 3.57. The number of benzene rings is 1. The van der Waals surface area contributed by atoms with Crippen LogP contribution in [-0.4, -0.2) is 31.3 Å². The van der Waals surface area contributed by atoms with Crippen molar-refractivity contribution in [2.24, 2.45) is 5.41 Å². The normalized spacial score (nSPS) is 16.3. The van der Waals surface area contributed by atoms with Crippen molar-refractivity contribution >= 4 is 5.97 Å². The third-order valence-electron chi connectivity index (χ3n) is 3.57. The van der Waals surface area contributed by atoms with E-state index in [1.165, 1.54) is 0 Å². The summed E-state index contributed by atoms with van der Waals surface area (Å²) in [4.78, 5) is 11.2. The molecule has 1 aliphatic rings. The van der Waals surface area contributed by atoms with Crippen LogP contribution in [0.4, 0.5) is 0 Å². The Morgan fingerprint density at radius 3 is 2.89 bits per heavy atom. The predicted molar refractivity (Wildman–Crippen MR) is 67.3 cm³/mol. The molecule has 1 heterocycles. The zero-order valence-corrected chi connectivity index (χ0v) is 10.6. The van der Waals surface area contributed by atoms with Gasteiger partial charge in [-0.2, -0.15) is 0 Å². The molecular weight excluding hydrogens is 244 g/mol. The summed E-state index contributed by atoms with van der Waals surface area (Å²) in [5.74, 6) is -0.144. The molecule has 0 amide bonds. The van der Waals surface area contributed by atoms with Crippen LogP contribution >= 0.6 is 0 Å². The summed E-state index contributed by atoms with van der Waals surface area (Å²) in [6.45, 7) is 2.33. The Bertz CT molecular complexity index is 631. The highest BCUT2D eigenvalue weighted by molar-refractivity contribution is 5.77. The molecule has 0 unspecified atom stereocenters. The second-order valence-corrected chi connectivity index (χ2v) is 5.12. The zero-order valence-electron chi connectivity index (χ0n) is 10.6. The fourth-order valence-electron chi connectivity index (χ4n) is 2.18. The van der Waals surface area contributed by atoms with E-state index in [4.69, 9.17) is 0 Å². The monoisotopic (exact) mass is 258 g/mol. The molecule has 1 aromatic carbocycles. The number of tetrazole rings is 1. The molecule has 2 aromatic rings. The van der Waals surface area contributed by atoms with Crippen LogP contribution in [0.25, 0.3) is 11.4 Å². The topological polar surface area (TPSA) is 80.9 Å². The molecule has 1 fully saturated rings. The lowest BCUT2D eigenvalue weighted by atomic mass is 10.1. The van der Waals surface area contributed by atoms with Crippen molar-refractivity contribution in [1.82, 2.24) is 20.2 Å². The Morgan fingerprint density at radius 2 is 2.26 bits per heavy atom. The number of carboxylic acids is 1. The second-order valence-electron chi connectivity index (χ2n) is 5.12. The van der Waals surface area contributed by atoms with Crippen molar-refractivity contribution in [1.29, 1.82) is 0 Å². The molecule has 0 saturated heterocycles. The maximum atomic E-state index is 11.2. The molecule has 98 valence electrons. The summed E-state index contributed by atoms with van der Waals surface area (Å²) in [7, 11) is 0. The fourth-order valence-corrected chi connectivity index (χ4v) is 2.18. The van der Waals surface area contributed by atoms with E-state index in [0.29, 0.717) is 25.2 Å². The van der Waals surface area contributed by atoms with E-state index in [2.05, 4.69) is 15.5 Å². The van der Waals surface area contributed by atoms with Crippen LogP contribution in [0.5, 0.6) is 0 Å². The molecule has 0 bridgehead atoms. The first-order valence-electron chi connectivity index (χ1n) is 6.17. The largest absolute Gasteiger partial charge is 0.481 e. The van der Waals surface area contributed by atoms with Crippen molar-refractivity contribution in [2.75, 3.05) is 0 Å². The number of nitrogens with zero attached hydrogens (tertiary/aromatic N) is 4. The summed E-state index contributed by atoms with van der Waals surface area (Å²) in [5.41, 5.74) is 1.35. The van der Waals surface area contributed by atoms with Gasteiger partial charge in [0.15, 0.2) is 5.82 Å². The van der Waals surface area contributed by atoms with E-state index in [-0.39, 0.29) is 0 Å². The predicted octanol–water partition coefficient (Wildman–Crippen LogP) is 1.51. The van der Waals surface area contributed by atoms with Gasteiger partial charge in [-0.05, 0) is 36.3 Å². The summed E-state index contributed by atoms with van der Waals surface area (Å²) < 4.78 is 1.59. The van der Waals surface area contributed by atoms with Crippen LogP contribution in [0.3, 0.4) is 0 Å². The summed E-state index contributed by atoms with van der Waals surface area (Å²) in [6, 6.07) is 7.85. The SMILES string of the molecule is Cc1cccc(-c2nnnn2CC2(C(=O)O)CC2)c1. The van der Waals surface area contributed by atoms with Crippen molar-refractivity contribution in [3.8, 4) is 11.4 Å². The van der Waals surface area contributed by atoms with Gasteiger partial charge in [0, 0.05) is 5.56 Å². The van der Waals surface area contributed by atoms with E-state index in [1.54, 1.807) is 4.68 Å². The molecule has 1 aromatic heterocycles. The van der Waals surface area contributed by atoms with Gasteiger partial charge in [-0.15, -0.1) is 5.10 Å². The van der Waals surface area contributed by atoms with Gasteiger partial charge in [-0.25, -0.2) is 4.68 Å². The Morgan fingerprint density at radius 1 is 1.47 bits per heavy atom. The summed E-state index contributed by atoms with van der Waals surface area (Å²) in [5, 5.41) is 20.8. The van der Waals surface area contributed by atoms with Gasteiger partial charge in [-0.1, -0.05) is 23.8 Å². The highest BCUT2D eigenvalue weighted by Gasteiger charge is 2.51. The lowest BCUT2D eigenvalue weighted by Crippen LogP contribution is -2.22. The first-order chi connectivity index (χ1) is 9.11. The van der Waals surface area contributed by atoms with Gasteiger partial charge < -0.3 is 5.11 Å². The first kappa shape index (κ1) is 11.8. The molecule has 1 N–H and O–H groups in total. The quantitative estimate of drug-likeness (QED) is 0.899.